The number of carbonyl (C=O) groups is 1. The second-order valence-corrected chi connectivity index (χ2v) is 9.32. The number of carbonyl (C=O) groups excluding carboxylic acids is 1. The van der Waals surface area contributed by atoms with E-state index in [-0.39, 0.29) is 36.8 Å². The van der Waals surface area contributed by atoms with Gasteiger partial charge < -0.3 is 19.3 Å². The lowest BCUT2D eigenvalue weighted by Gasteiger charge is -2.37. The highest BCUT2D eigenvalue weighted by atomic mass is 19.4. The summed E-state index contributed by atoms with van der Waals surface area (Å²) in [6, 6.07) is 4.64. The molecule has 4 atom stereocenters. The summed E-state index contributed by atoms with van der Waals surface area (Å²) in [5, 5.41) is 0. The number of fused-ring (bicyclic) bond motifs is 1. The molecule has 196 valence electrons. The van der Waals surface area contributed by atoms with Crippen molar-refractivity contribution in [3.63, 3.8) is 0 Å². The first-order chi connectivity index (χ1) is 16.4. The maximum atomic E-state index is 14.0. The summed E-state index contributed by atoms with van der Waals surface area (Å²) in [5.41, 5.74) is 1.67. The molecular weight excluding hydrogens is 487 g/mol. The van der Waals surface area contributed by atoms with Crippen molar-refractivity contribution in [3.8, 4) is 0 Å². The third-order valence-electron chi connectivity index (χ3n) is 6.84. The SMILES string of the molecule is CC1COCCN1c1cc(F)ccc1CN1CC2CN(C(=O)OC(F)(C(F)F)C(F)(F)F)CC2C1. The molecule has 0 bridgehead atoms. The highest BCUT2D eigenvalue weighted by Gasteiger charge is 2.67. The molecule has 3 fully saturated rings. The van der Waals surface area contributed by atoms with Crippen LogP contribution < -0.4 is 4.90 Å². The number of hydrogen-bond acceptors (Lipinski definition) is 5. The van der Waals surface area contributed by atoms with Crippen molar-refractivity contribution >= 4 is 11.8 Å². The molecule has 35 heavy (non-hydrogen) atoms. The number of hydrogen-bond donors (Lipinski definition) is 0. The van der Waals surface area contributed by atoms with Gasteiger partial charge in [0.05, 0.1) is 13.2 Å². The summed E-state index contributed by atoms with van der Waals surface area (Å²) in [4.78, 5) is 17.1. The number of benzene rings is 1. The van der Waals surface area contributed by atoms with Gasteiger partial charge in [0.2, 0.25) is 0 Å². The molecule has 3 aliphatic rings. The molecule has 0 radical (unpaired) electrons. The fourth-order valence-corrected chi connectivity index (χ4v) is 5.05. The van der Waals surface area contributed by atoms with Gasteiger partial charge in [-0.3, -0.25) is 4.90 Å². The largest absolute Gasteiger partial charge is 0.466 e. The van der Waals surface area contributed by atoms with E-state index in [1.807, 2.05) is 6.92 Å². The molecule has 6 nitrogen and oxygen atoms in total. The summed E-state index contributed by atoms with van der Waals surface area (Å²) in [6.07, 6.45) is -12.4. The van der Waals surface area contributed by atoms with Gasteiger partial charge in [0.1, 0.15) is 5.82 Å². The summed E-state index contributed by atoms with van der Waals surface area (Å²) in [6.45, 7) is 5.05. The van der Waals surface area contributed by atoms with E-state index in [0.29, 0.717) is 39.4 Å². The van der Waals surface area contributed by atoms with E-state index in [9.17, 15) is 35.5 Å². The van der Waals surface area contributed by atoms with Crippen LogP contribution in [-0.2, 0) is 16.0 Å². The second kappa shape index (κ2) is 9.64. The highest BCUT2D eigenvalue weighted by molar-refractivity contribution is 5.68. The van der Waals surface area contributed by atoms with Gasteiger partial charge in [-0.05, 0) is 36.5 Å². The third kappa shape index (κ3) is 5.16. The quantitative estimate of drug-likeness (QED) is 0.557. The normalized spacial score (nSPS) is 27.3. The number of amides is 1. The van der Waals surface area contributed by atoms with Crippen LogP contribution in [-0.4, -0.2) is 86.3 Å². The molecule has 0 N–H and O–H groups in total. The minimum absolute atomic E-state index is 0.0338. The average Bonchev–Trinajstić information content (AvgIpc) is 3.33. The summed E-state index contributed by atoms with van der Waals surface area (Å²) < 4.78 is 100. The monoisotopic (exact) mass is 513 g/mol. The molecule has 1 aromatic carbocycles. The van der Waals surface area contributed by atoms with Crippen molar-refractivity contribution in [2.75, 3.05) is 50.8 Å². The van der Waals surface area contributed by atoms with Crippen LogP contribution in [0.1, 0.15) is 12.5 Å². The lowest BCUT2D eigenvalue weighted by molar-refractivity contribution is -0.351. The molecule has 3 aliphatic heterocycles. The zero-order valence-electron chi connectivity index (χ0n) is 18.9. The average molecular weight is 513 g/mol. The lowest BCUT2D eigenvalue weighted by atomic mass is 10.0. The van der Waals surface area contributed by atoms with E-state index in [1.165, 1.54) is 12.1 Å². The third-order valence-corrected chi connectivity index (χ3v) is 6.84. The Balaban J connectivity index is 1.38. The molecule has 1 aromatic rings. The number of halogens is 7. The Morgan fingerprint density at radius 1 is 1.14 bits per heavy atom. The van der Waals surface area contributed by atoms with Gasteiger partial charge in [-0.1, -0.05) is 6.07 Å². The molecule has 1 amide bonds. The van der Waals surface area contributed by atoms with Crippen molar-refractivity contribution in [1.29, 1.82) is 0 Å². The first-order valence-corrected chi connectivity index (χ1v) is 11.3. The van der Waals surface area contributed by atoms with Crippen molar-refractivity contribution in [2.45, 2.75) is 38.0 Å². The Hall–Kier alpha value is -2.28. The van der Waals surface area contributed by atoms with E-state index in [1.54, 1.807) is 6.07 Å². The summed E-state index contributed by atoms with van der Waals surface area (Å²) in [5.74, 6) is -5.99. The number of nitrogens with zero attached hydrogens (tertiary/aromatic N) is 3. The first kappa shape index (κ1) is 25.8. The summed E-state index contributed by atoms with van der Waals surface area (Å²) >= 11 is 0. The van der Waals surface area contributed by atoms with Crippen LogP contribution >= 0.6 is 0 Å². The van der Waals surface area contributed by atoms with Gasteiger partial charge >= 0.3 is 24.5 Å². The second-order valence-electron chi connectivity index (χ2n) is 9.32. The van der Waals surface area contributed by atoms with Crippen LogP contribution in [0.5, 0.6) is 0 Å². The number of ether oxygens (including phenoxy) is 2. The van der Waals surface area contributed by atoms with Crippen LogP contribution in [0.15, 0.2) is 18.2 Å². The van der Waals surface area contributed by atoms with Crippen molar-refractivity contribution < 1.29 is 45.0 Å². The van der Waals surface area contributed by atoms with Crippen molar-refractivity contribution in [3.05, 3.63) is 29.6 Å². The Morgan fingerprint density at radius 2 is 1.80 bits per heavy atom. The van der Waals surface area contributed by atoms with E-state index in [0.717, 1.165) is 16.2 Å². The highest BCUT2D eigenvalue weighted by Crippen LogP contribution is 2.41. The smallest absolute Gasteiger partial charge is 0.398 e. The van der Waals surface area contributed by atoms with Crippen LogP contribution in [0.3, 0.4) is 0 Å². The topological polar surface area (TPSA) is 45.2 Å². The fraction of sp³-hybridized carbons (Fsp3) is 0.682. The van der Waals surface area contributed by atoms with Gasteiger partial charge in [0, 0.05) is 51.0 Å². The van der Waals surface area contributed by atoms with Gasteiger partial charge in [0.25, 0.3) is 0 Å². The molecule has 0 aromatic heterocycles. The molecular formula is C22H26F7N3O3. The molecule has 4 unspecified atom stereocenters. The van der Waals surface area contributed by atoms with E-state index < -0.39 is 24.5 Å². The van der Waals surface area contributed by atoms with Crippen molar-refractivity contribution in [2.24, 2.45) is 11.8 Å². The number of anilines is 1. The Labute approximate surface area is 197 Å². The predicted molar refractivity (Wildman–Crippen MR) is 110 cm³/mol. The van der Waals surface area contributed by atoms with Crippen LogP contribution in [0.2, 0.25) is 0 Å². The van der Waals surface area contributed by atoms with E-state index >= 15 is 0 Å². The zero-order chi connectivity index (χ0) is 25.5. The van der Waals surface area contributed by atoms with Crippen LogP contribution in [0.25, 0.3) is 0 Å². The number of alkyl halides is 6. The standard InChI is InChI=1S/C22H26F7N3O3/c1-13-12-34-5-4-32(13)18-6-17(23)3-2-14(18)7-30-8-15-10-31(11-16(15)9-30)20(33)35-21(26,19(24)25)22(27,28)29/h2-3,6,13,15-16,19H,4-5,7-12H2,1H3. The van der Waals surface area contributed by atoms with Gasteiger partial charge in [-0.2, -0.15) is 17.6 Å². The fourth-order valence-electron chi connectivity index (χ4n) is 5.05. The van der Waals surface area contributed by atoms with Crippen LogP contribution in [0, 0.1) is 17.7 Å². The van der Waals surface area contributed by atoms with E-state index in [4.69, 9.17) is 4.74 Å². The molecule has 0 saturated carbocycles. The first-order valence-electron chi connectivity index (χ1n) is 11.3. The number of likely N-dealkylation sites (tertiary alicyclic amines) is 2. The maximum absolute atomic E-state index is 14.0. The Kier molecular flexibility index (Phi) is 7.11. The molecule has 13 heteroatoms. The van der Waals surface area contributed by atoms with Gasteiger partial charge in [0.15, 0.2) is 0 Å². The molecule has 3 heterocycles. The van der Waals surface area contributed by atoms with Gasteiger partial charge in [-0.25, -0.2) is 18.0 Å². The van der Waals surface area contributed by atoms with Crippen LogP contribution in [0.4, 0.5) is 41.2 Å². The van der Waals surface area contributed by atoms with E-state index in [2.05, 4.69) is 14.5 Å². The minimum atomic E-state index is -6.06. The Morgan fingerprint density at radius 3 is 2.37 bits per heavy atom. The molecule has 0 aliphatic carbocycles. The predicted octanol–water partition coefficient (Wildman–Crippen LogP) is 4.04. The Bertz CT molecular complexity index is 920. The maximum Gasteiger partial charge on any atom is 0.466 e. The summed E-state index contributed by atoms with van der Waals surface area (Å²) in [7, 11) is 0. The number of morpholine rings is 1. The number of rotatable bonds is 5. The molecule has 4 rings (SSSR count). The lowest BCUT2D eigenvalue weighted by Crippen LogP contribution is -2.53. The minimum Gasteiger partial charge on any atom is -0.398 e. The van der Waals surface area contributed by atoms with Gasteiger partial charge in [-0.15, -0.1) is 0 Å². The van der Waals surface area contributed by atoms with Crippen molar-refractivity contribution in [1.82, 2.24) is 9.80 Å². The zero-order valence-corrected chi connectivity index (χ0v) is 18.9. The molecule has 0 spiro atoms. The molecule has 3 saturated heterocycles.